The van der Waals surface area contributed by atoms with Crippen LogP contribution in [0.25, 0.3) is 10.2 Å². The monoisotopic (exact) mass is 459 g/mol. The van der Waals surface area contributed by atoms with Gasteiger partial charge >= 0.3 is 0 Å². The molecule has 32 heavy (non-hydrogen) atoms. The summed E-state index contributed by atoms with van der Waals surface area (Å²) < 4.78 is 15.3. The molecular weight excluding hydrogens is 426 g/mol. The summed E-state index contributed by atoms with van der Waals surface area (Å²) in [5, 5.41) is 12.0. The SMILES string of the molecule is CC.COC.COc1cc(N)c(C=N)cc1Nc1ncnc2sc3c(c12)CCC(OC)C3. The van der Waals surface area contributed by atoms with E-state index in [0.29, 0.717) is 17.0 Å². The molecule has 0 radical (unpaired) electrons. The summed E-state index contributed by atoms with van der Waals surface area (Å²) in [5.74, 6) is 1.35. The average molecular weight is 460 g/mol. The second-order valence-corrected chi connectivity index (χ2v) is 7.95. The quantitative estimate of drug-likeness (QED) is 0.370. The molecule has 0 fully saturated rings. The Labute approximate surface area is 193 Å². The fraction of sp³-hybridized carbons (Fsp3) is 0.435. The number of nitrogen functional groups attached to an aromatic ring is 1. The number of hydrogen-bond acceptors (Lipinski definition) is 9. The van der Waals surface area contributed by atoms with Gasteiger partial charge < -0.3 is 30.7 Å². The topological polar surface area (TPSA) is 115 Å². The van der Waals surface area contributed by atoms with Crippen molar-refractivity contribution in [3.05, 3.63) is 34.5 Å². The molecule has 0 bridgehead atoms. The van der Waals surface area contributed by atoms with Gasteiger partial charge in [0.15, 0.2) is 0 Å². The standard InChI is InChI=1S/C19H21N5O2S.C2H6O.C2H6/c1-25-11-3-4-12-16(6-11)27-19-17(12)18(22-9-23-19)24-14-5-10(8-20)13(21)7-15(14)26-2;1-3-2;1-2/h5,7-9,11,20H,3-4,6,21H2,1-2H3,(H,22,23,24);1-2H3;1-2H3. The van der Waals surface area contributed by atoms with Gasteiger partial charge in [0.2, 0.25) is 0 Å². The van der Waals surface area contributed by atoms with Crippen LogP contribution >= 0.6 is 11.3 Å². The first-order valence-corrected chi connectivity index (χ1v) is 11.3. The van der Waals surface area contributed by atoms with Gasteiger partial charge in [0.05, 0.1) is 24.3 Å². The third-order valence-electron chi connectivity index (χ3n) is 4.95. The van der Waals surface area contributed by atoms with E-state index in [1.54, 1.807) is 58.2 Å². The summed E-state index contributed by atoms with van der Waals surface area (Å²) in [6.45, 7) is 4.00. The van der Waals surface area contributed by atoms with E-state index in [2.05, 4.69) is 20.0 Å². The van der Waals surface area contributed by atoms with Crippen molar-refractivity contribution in [2.24, 2.45) is 0 Å². The number of anilines is 3. The smallest absolute Gasteiger partial charge is 0.144 e. The number of hydrogen-bond donors (Lipinski definition) is 3. The summed E-state index contributed by atoms with van der Waals surface area (Å²) in [6.07, 6.45) is 5.92. The van der Waals surface area contributed by atoms with Crippen molar-refractivity contribution >= 4 is 45.0 Å². The molecule has 1 aliphatic carbocycles. The fourth-order valence-corrected chi connectivity index (χ4v) is 4.76. The molecule has 1 atom stereocenters. The van der Waals surface area contributed by atoms with Gasteiger partial charge in [0.1, 0.15) is 22.7 Å². The van der Waals surface area contributed by atoms with Gasteiger partial charge in [-0.05, 0) is 24.5 Å². The summed E-state index contributed by atoms with van der Waals surface area (Å²) in [5.41, 5.74) is 9.11. The normalized spacial score (nSPS) is 14.4. The summed E-state index contributed by atoms with van der Waals surface area (Å²) in [4.78, 5) is 11.2. The average Bonchev–Trinajstić information content (AvgIpc) is 3.20. The van der Waals surface area contributed by atoms with E-state index in [1.165, 1.54) is 16.7 Å². The predicted octanol–water partition coefficient (Wildman–Crippen LogP) is 4.82. The number of methoxy groups -OCH3 is 3. The predicted molar refractivity (Wildman–Crippen MR) is 133 cm³/mol. The Morgan fingerprint density at radius 2 is 1.91 bits per heavy atom. The number of nitrogens with one attached hydrogen (secondary N) is 2. The van der Waals surface area contributed by atoms with Gasteiger partial charge in [-0.15, -0.1) is 11.3 Å². The molecule has 1 aliphatic rings. The highest BCUT2D eigenvalue weighted by Crippen LogP contribution is 2.40. The van der Waals surface area contributed by atoms with Crippen molar-refractivity contribution < 1.29 is 14.2 Å². The van der Waals surface area contributed by atoms with Crippen LogP contribution in [-0.2, 0) is 22.3 Å². The van der Waals surface area contributed by atoms with E-state index in [-0.39, 0.29) is 6.10 Å². The van der Waals surface area contributed by atoms with E-state index >= 15 is 0 Å². The number of benzene rings is 1. The number of fused-ring (bicyclic) bond motifs is 3. The van der Waals surface area contributed by atoms with Gasteiger partial charge in [0, 0.05) is 56.2 Å². The van der Waals surface area contributed by atoms with Crippen LogP contribution in [0.3, 0.4) is 0 Å². The molecule has 8 nitrogen and oxygen atoms in total. The fourth-order valence-electron chi connectivity index (χ4n) is 3.51. The molecule has 0 saturated carbocycles. The van der Waals surface area contributed by atoms with Crippen molar-refractivity contribution in [2.75, 3.05) is 39.5 Å². The Morgan fingerprint density at radius 1 is 1.19 bits per heavy atom. The van der Waals surface area contributed by atoms with Crippen LogP contribution in [0.1, 0.15) is 36.3 Å². The molecule has 1 unspecified atom stereocenters. The highest BCUT2D eigenvalue weighted by atomic mass is 32.1. The van der Waals surface area contributed by atoms with E-state index < -0.39 is 0 Å². The van der Waals surface area contributed by atoms with Crippen LogP contribution < -0.4 is 15.8 Å². The molecule has 0 amide bonds. The lowest BCUT2D eigenvalue weighted by atomic mass is 9.94. The van der Waals surface area contributed by atoms with Crippen molar-refractivity contribution in [3.63, 3.8) is 0 Å². The maximum atomic E-state index is 7.55. The number of aromatic nitrogens is 2. The van der Waals surface area contributed by atoms with Crippen molar-refractivity contribution in [1.29, 1.82) is 5.41 Å². The number of nitrogens with zero attached hydrogens (tertiary/aromatic N) is 2. The molecule has 4 N–H and O–H groups in total. The van der Waals surface area contributed by atoms with Gasteiger partial charge in [-0.25, -0.2) is 9.97 Å². The molecule has 0 aliphatic heterocycles. The Balaban J connectivity index is 0.000000671. The van der Waals surface area contributed by atoms with Crippen molar-refractivity contribution in [3.8, 4) is 5.75 Å². The summed E-state index contributed by atoms with van der Waals surface area (Å²) >= 11 is 1.71. The highest BCUT2D eigenvalue weighted by Gasteiger charge is 2.25. The third-order valence-corrected chi connectivity index (χ3v) is 6.11. The Hall–Kier alpha value is -2.75. The summed E-state index contributed by atoms with van der Waals surface area (Å²) in [6, 6.07) is 3.52. The molecule has 2 aromatic heterocycles. The molecule has 174 valence electrons. The van der Waals surface area contributed by atoms with Gasteiger partial charge in [-0.1, -0.05) is 13.8 Å². The van der Waals surface area contributed by atoms with E-state index in [4.69, 9.17) is 20.6 Å². The second-order valence-electron chi connectivity index (χ2n) is 6.87. The molecule has 2 heterocycles. The minimum absolute atomic E-state index is 0.266. The number of nitrogens with two attached hydrogens (primary N) is 1. The zero-order valence-electron chi connectivity index (χ0n) is 19.6. The largest absolute Gasteiger partial charge is 0.494 e. The maximum absolute atomic E-state index is 7.55. The first-order chi connectivity index (χ1) is 15.6. The number of ether oxygens (including phenoxy) is 3. The number of thiophene rings is 1. The molecule has 3 aromatic rings. The Kier molecular flexibility index (Phi) is 9.83. The van der Waals surface area contributed by atoms with E-state index in [9.17, 15) is 0 Å². The van der Waals surface area contributed by atoms with Gasteiger partial charge in [0.25, 0.3) is 0 Å². The van der Waals surface area contributed by atoms with Gasteiger partial charge in [-0.3, -0.25) is 0 Å². The zero-order valence-corrected chi connectivity index (χ0v) is 20.4. The first kappa shape index (κ1) is 25.5. The van der Waals surface area contributed by atoms with Crippen LogP contribution in [0.4, 0.5) is 17.2 Å². The second kappa shape index (κ2) is 12.3. The third kappa shape index (κ3) is 5.53. The van der Waals surface area contributed by atoms with Crippen molar-refractivity contribution in [1.82, 2.24) is 9.97 Å². The van der Waals surface area contributed by atoms with Crippen LogP contribution in [-0.4, -0.2) is 50.7 Å². The Bertz CT molecular complexity index is 1040. The number of rotatable bonds is 5. The van der Waals surface area contributed by atoms with Crippen LogP contribution in [0.5, 0.6) is 5.75 Å². The molecular formula is C23H33N5O3S. The molecule has 1 aromatic carbocycles. The zero-order chi connectivity index (χ0) is 23.7. The number of aryl methyl sites for hydroxylation is 1. The maximum Gasteiger partial charge on any atom is 0.144 e. The lowest BCUT2D eigenvalue weighted by molar-refractivity contribution is 0.0922. The van der Waals surface area contributed by atoms with E-state index in [1.807, 2.05) is 13.8 Å². The van der Waals surface area contributed by atoms with Crippen molar-refractivity contribution in [2.45, 2.75) is 39.2 Å². The van der Waals surface area contributed by atoms with Crippen LogP contribution in [0.15, 0.2) is 18.5 Å². The molecule has 0 saturated heterocycles. The van der Waals surface area contributed by atoms with Crippen LogP contribution in [0.2, 0.25) is 0 Å². The lowest BCUT2D eigenvalue weighted by Gasteiger charge is -2.21. The lowest BCUT2D eigenvalue weighted by Crippen LogP contribution is -2.19. The molecule has 9 heteroatoms. The van der Waals surface area contributed by atoms with Gasteiger partial charge in [-0.2, -0.15) is 0 Å². The van der Waals surface area contributed by atoms with Crippen LogP contribution in [0, 0.1) is 5.41 Å². The molecule has 0 spiro atoms. The minimum atomic E-state index is 0.266. The summed E-state index contributed by atoms with van der Waals surface area (Å²) in [7, 11) is 6.61. The minimum Gasteiger partial charge on any atom is -0.494 e. The first-order valence-electron chi connectivity index (χ1n) is 10.5. The highest BCUT2D eigenvalue weighted by molar-refractivity contribution is 7.19. The Morgan fingerprint density at radius 3 is 2.53 bits per heavy atom. The molecule has 4 rings (SSSR count). The van der Waals surface area contributed by atoms with E-state index in [0.717, 1.165) is 41.0 Å².